The number of nitrogens with one attached hydrogen (secondary N) is 1. The van der Waals surface area contributed by atoms with Gasteiger partial charge in [-0.3, -0.25) is 0 Å². The maximum atomic E-state index is 5.01. The molecule has 1 fully saturated rings. The molecule has 0 aromatic rings. The van der Waals surface area contributed by atoms with Gasteiger partial charge in [0.05, 0.1) is 13.2 Å². The van der Waals surface area contributed by atoms with Crippen molar-refractivity contribution in [2.24, 2.45) is 0 Å². The van der Waals surface area contributed by atoms with Crippen LogP contribution in [0.3, 0.4) is 0 Å². The second-order valence-electron chi connectivity index (χ2n) is 2.54. The van der Waals surface area contributed by atoms with Crippen LogP contribution in [-0.4, -0.2) is 49.6 Å². The van der Waals surface area contributed by atoms with Gasteiger partial charge >= 0.3 is 0 Å². The summed E-state index contributed by atoms with van der Waals surface area (Å²) in [5, 5.41) is 3.16. The topological polar surface area (TPSA) is 24.5 Å². The average Bonchev–Trinajstić information content (AvgIpc) is 2.08. The van der Waals surface area contributed by atoms with E-state index >= 15 is 0 Å². The average molecular weight is 208 g/mol. The van der Waals surface area contributed by atoms with E-state index < -0.39 is 0 Å². The lowest BCUT2D eigenvalue weighted by Gasteiger charge is -2.10. The Balaban J connectivity index is 0.000000202. The first-order valence-corrected chi connectivity index (χ1v) is 4.69. The molecule has 0 aromatic carbocycles. The third-order valence-corrected chi connectivity index (χ3v) is 1.99. The molecular weight excluding hydrogens is 192 g/mol. The van der Waals surface area contributed by atoms with E-state index in [9.17, 15) is 0 Å². The van der Waals surface area contributed by atoms with E-state index in [-0.39, 0.29) is 0 Å². The van der Waals surface area contributed by atoms with E-state index in [4.69, 9.17) is 4.74 Å². The number of thiocarbonyl (C=S) groups is 1. The van der Waals surface area contributed by atoms with Crippen molar-refractivity contribution in [3.05, 3.63) is 0 Å². The van der Waals surface area contributed by atoms with Crippen LogP contribution in [0.4, 0.5) is 0 Å². The Kier molecular flexibility index (Phi) is 7.89. The highest BCUT2D eigenvalue weighted by Gasteiger charge is 1.92. The zero-order valence-electron chi connectivity index (χ0n) is 7.54. The van der Waals surface area contributed by atoms with Gasteiger partial charge in [0.1, 0.15) is 4.32 Å². The highest BCUT2D eigenvalue weighted by Crippen LogP contribution is 1.84. The zero-order chi connectivity index (χ0) is 9.40. The number of hydrogen-bond donors (Lipinski definition) is 2. The van der Waals surface area contributed by atoms with Crippen molar-refractivity contribution in [3.63, 3.8) is 0 Å². The Hall–Kier alpha value is 0.160. The van der Waals surface area contributed by atoms with Crippen molar-refractivity contribution in [2.75, 3.05) is 40.4 Å². The fraction of sp³-hybridized carbons (Fsp3) is 0.857. The quantitative estimate of drug-likeness (QED) is 0.444. The molecule has 0 unspecified atom stereocenters. The van der Waals surface area contributed by atoms with Crippen molar-refractivity contribution >= 4 is 29.2 Å². The number of thiol groups is 1. The Bertz CT molecular complexity index is 115. The monoisotopic (exact) mass is 208 g/mol. The molecule has 72 valence electrons. The van der Waals surface area contributed by atoms with Crippen molar-refractivity contribution in [1.82, 2.24) is 10.2 Å². The minimum absolute atomic E-state index is 0.620. The van der Waals surface area contributed by atoms with Crippen molar-refractivity contribution in [3.8, 4) is 0 Å². The van der Waals surface area contributed by atoms with E-state index in [1.807, 2.05) is 14.1 Å². The molecule has 1 rings (SSSR count). The van der Waals surface area contributed by atoms with Gasteiger partial charge in [0.2, 0.25) is 0 Å². The zero-order valence-corrected chi connectivity index (χ0v) is 9.25. The van der Waals surface area contributed by atoms with Crippen molar-refractivity contribution in [2.45, 2.75) is 0 Å². The molecule has 1 aliphatic rings. The normalized spacial score (nSPS) is 15.9. The molecule has 3 nitrogen and oxygen atoms in total. The van der Waals surface area contributed by atoms with Gasteiger partial charge in [0.15, 0.2) is 0 Å². The predicted molar refractivity (Wildman–Crippen MR) is 59.0 cm³/mol. The maximum Gasteiger partial charge on any atom is 0.132 e. The molecule has 5 heteroatoms. The molecule has 0 aliphatic carbocycles. The lowest BCUT2D eigenvalue weighted by atomic mass is 10.5. The predicted octanol–water partition coefficient (Wildman–Crippen LogP) is 0.369. The summed E-state index contributed by atoms with van der Waals surface area (Å²) in [7, 11) is 3.71. The van der Waals surface area contributed by atoms with Crippen LogP contribution in [-0.2, 0) is 4.74 Å². The second kappa shape index (κ2) is 7.79. The van der Waals surface area contributed by atoms with Crippen LogP contribution in [0.5, 0.6) is 0 Å². The van der Waals surface area contributed by atoms with Crippen molar-refractivity contribution < 1.29 is 4.74 Å². The lowest BCUT2D eigenvalue weighted by Crippen LogP contribution is -2.30. The summed E-state index contributed by atoms with van der Waals surface area (Å²) in [6, 6.07) is 0. The number of ether oxygens (including phenoxy) is 1. The van der Waals surface area contributed by atoms with E-state index in [1.54, 1.807) is 4.90 Å². The Morgan fingerprint density at radius 3 is 1.92 bits per heavy atom. The van der Waals surface area contributed by atoms with Crippen LogP contribution >= 0.6 is 24.8 Å². The summed E-state index contributed by atoms with van der Waals surface area (Å²) in [6.45, 7) is 3.83. The number of hydrogen-bond acceptors (Lipinski definition) is 3. The van der Waals surface area contributed by atoms with E-state index in [2.05, 4.69) is 30.2 Å². The summed E-state index contributed by atoms with van der Waals surface area (Å²) in [5.41, 5.74) is 0. The molecule has 0 aromatic heterocycles. The van der Waals surface area contributed by atoms with Gasteiger partial charge < -0.3 is 15.0 Å². The Morgan fingerprint density at radius 1 is 1.42 bits per heavy atom. The van der Waals surface area contributed by atoms with Gasteiger partial charge in [-0.2, -0.15) is 0 Å². The standard InChI is InChI=1S/C4H9NO.C3H7NS2/c1-3-6-4-2-5-1;1-4(2)3(5)6/h5H,1-4H2;1-2H3,(H,5,6). The smallest absolute Gasteiger partial charge is 0.132 e. The molecule has 0 spiro atoms. The lowest BCUT2D eigenvalue weighted by molar-refractivity contribution is 0.109. The molecule has 0 atom stereocenters. The molecule has 0 amide bonds. The summed E-state index contributed by atoms with van der Waals surface area (Å²) in [5.74, 6) is 0. The molecule has 0 radical (unpaired) electrons. The fourth-order valence-electron chi connectivity index (χ4n) is 0.516. The minimum Gasteiger partial charge on any atom is -0.379 e. The fourth-order valence-corrected chi connectivity index (χ4v) is 0.516. The van der Waals surface area contributed by atoms with Crippen LogP contribution in [0.25, 0.3) is 0 Å². The molecular formula is C7H16N2OS2. The van der Waals surface area contributed by atoms with E-state index in [0.717, 1.165) is 26.3 Å². The van der Waals surface area contributed by atoms with Crippen molar-refractivity contribution in [1.29, 1.82) is 0 Å². The van der Waals surface area contributed by atoms with Gasteiger partial charge in [-0.1, -0.05) is 12.2 Å². The summed E-state index contributed by atoms with van der Waals surface area (Å²) in [4.78, 5) is 1.76. The summed E-state index contributed by atoms with van der Waals surface area (Å²) >= 11 is 8.46. The highest BCUT2D eigenvalue weighted by atomic mass is 32.1. The van der Waals surface area contributed by atoms with Gasteiger partial charge in [0.25, 0.3) is 0 Å². The first-order chi connectivity index (χ1) is 5.64. The van der Waals surface area contributed by atoms with Gasteiger partial charge in [-0.05, 0) is 0 Å². The molecule has 0 saturated carbocycles. The van der Waals surface area contributed by atoms with Crippen LogP contribution in [0, 0.1) is 0 Å². The first-order valence-electron chi connectivity index (χ1n) is 3.83. The van der Waals surface area contributed by atoms with Crippen LogP contribution < -0.4 is 5.32 Å². The molecule has 1 N–H and O–H groups in total. The van der Waals surface area contributed by atoms with Gasteiger partial charge in [-0.15, -0.1) is 12.6 Å². The highest BCUT2D eigenvalue weighted by molar-refractivity contribution is 8.10. The first kappa shape index (κ1) is 12.2. The largest absolute Gasteiger partial charge is 0.379 e. The Labute approximate surface area is 84.9 Å². The van der Waals surface area contributed by atoms with E-state index in [0.29, 0.717) is 4.32 Å². The molecule has 1 saturated heterocycles. The summed E-state index contributed by atoms with van der Waals surface area (Å²) in [6.07, 6.45) is 0. The van der Waals surface area contributed by atoms with Crippen LogP contribution in [0.2, 0.25) is 0 Å². The van der Waals surface area contributed by atoms with Gasteiger partial charge in [-0.25, -0.2) is 0 Å². The SMILES string of the molecule is C1COCCN1.CN(C)C(=S)S. The molecule has 1 aliphatic heterocycles. The molecule has 1 heterocycles. The third-order valence-electron chi connectivity index (χ3n) is 1.23. The second-order valence-corrected chi connectivity index (χ2v) is 3.65. The summed E-state index contributed by atoms with van der Waals surface area (Å²) < 4.78 is 5.63. The minimum atomic E-state index is 0.620. The molecule has 12 heavy (non-hydrogen) atoms. The number of nitrogens with zero attached hydrogens (tertiary/aromatic N) is 1. The maximum absolute atomic E-state index is 5.01. The number of morpholine rings is 1. The number of rotatable bonds is 0. The van der Waals surface area contributed by atoms with Crippen LogP contribution in [0.15, 0.2) is 0 Å². The van der Waals surface area contributed by atoms with Crippen LogP contribution in [0.1, 0.15) is 0 Å². The molecule has 0 bridgehead atoms. The van der Waals surface area contributed by atoms with E-state index in [1.165, 1.54) is 0 Å². The Morgan fingerprint density at radius 2 is 1.83 bits per heavy atom. The van der Waals surface area contributed by atoms with Gasteiger partial charge in [0, 0.05) is 27.2 Å². The third kappa shape index (κ3) is 8.26.